The first-order valence-electron chi connectivity index (χ1n) is 9.65. The molecular weight excluding hydrogens is 396 g/mol. The van der Waals surface area contributed by atoms with Gasteiger partial charge in [0.05, 0.1) is 10.2 Å². The summed E-state index contributed by atoms with van der Waals surface area (Å²) in [6.45, 7) is 0. The molecule has 8 heteroatoms. The van der Waals surface area contributed by atoms with Crippen molar-refractivity contribution < 1.29 is 13.3 Å². The quantitative estimate of drug-likeness (QED) is 0.424. The standard InChI is InChI=1S/C19H30N2O3S2Si/c1-22-27(23-2,24-3)13-7-8-15-11-12-17-18(14-15)25-19(20-17)26-21-16-9-5-4-6-10-16/h11-12,14,16,21H,4-10,13H2,1-3H3. The minimum absolute atomic E-state index is 0.637. The average molecular weight is 427 g/mol. The number of nitrogens with one attached hydrogen (secondary N) is 1. The lowest BCUT2D eigenvalue weighted by atomic mass is 9.96. The molecule has 1 aliphatic carbocycles. The van der Waals surface area contributed by atoms with Gasteiger partial charge in [0.2, 0.25) is 0 Å². The van der Waals surface area contributed by atoms with E-state index in [1.807, 2.05) is 0 Å². The summed E-state index contributed by atoms with van der Waals surface area (Å²) in [5.74, 6) is 0. The van der Waals surface area contributed by atoms with Crippen LogP contribution in [0.3, 0.4) is 0 Å². The van der Waals surface area contributed by atoms with Crippen molar-refractivity contribution in [3.63, 3.8) is 0 Å². The van der Waals surface area contributed by atoms with Crippen molar-refractivity contribution in [1.29, 1.82) is 0 Å². The lowest BCUT2D eigenvalue weighted by Crippen LogP contribution is -2.42. The molecule has 0 aliphatic heterocycles. The van der Waals surface area contributed by atoms with Gasteiger partial charge in [0, 0.05) is 33.4 Å². The lowest BCUT2D eigenvalue weighted by Gasteiger charge is -2.24. The van der Waals surface area contributed by atoms with Gasteiger partial charge in [0.15, 0.2) is 4.34 Å². The van der Waals surface area contributed by atoms with Crippen molar-refractivity contribution >= 4 is 42.3 Å². The van der Waals surface area contributed by atoms with Crippen molar-refractivity contribution in [2.75, 3.05) is 21.3 Å². The summed E-state index contributed by atoms with van der Waals surface area (Å²) in [7, 11) is 2.54. The van der Waals surface area contributed by atoms with E-state index in [2.05, 4.69) is 22.9 Å². The maximum atomic E-state index is 5.50. The van der Waals surface area contributed by atoms with Gasteiger partial charge in [0.1, 0.15) is 0 Å². The van der Waals surface area contributed by atoms with Crippen LogP contribution in [0.1, 0.15) is 44.1 Å². The molecule has 1 aromatic heterocycles. The maximum absolute atomic E-state index is 5.50. The number of aryl methyl sites for hydroxylation is 1. The topological polar surface area (TPSA) is 52.6 Å². The van der Waals surface area contributed by atoms with E-state index in [0.717, 1.165) is 28.7 Å². The number of nitrogens with zero attached hydrogens (tertiary/aromatic N) is 1. The van der Waals surface area contributed by atoms with Gasteiger partial charge in [0.25, 0.3) is 0 Å². The molecule has 150 valence electrons. The molecule has 0 spiro atoms. The maximum Gasteiger partial charge on any atom is 0.500 e. The van der Waals surface area contributed by atoms with Gasteiger partial charge in [-0.1, -0.05) is 25.3 Å². The van der Waals surface area contributed by atoms with Crippen LogP contribution in [0.15, 0.2) is 22.5 Å². The van der Waals surface area contributed by atoms with Gasteiger partial charge < -0.3 is 13.3 Å². The minimum atomic E-state index is -2.47. The molecule has 1 aliphatic rings. The van der Waals surface area contributed by atoms with E-state index < -0.39 is 8.80 Å². The number of aromatic nitrogens is 1. The average Bonchev–Trinajstić information content (AvgIpc) is 3.13. The molecular formula is C19H30N2O3S2Si. The Hall–Kier alpha value is -0.483. The van der Waals surface area contributed by atoms with Crippen LogP contribution in [0.25, 0.3) is 10.2 Å². The van der Waals surface area contributed by atoms with E-state index in [9.17, 15) is 0 Å². The fourth-order valence-electron chi connectivity index (χ4n) is 3.57. The Kier molecular flexibility index (Phi) is 8.13. The molecule has 0 amide bonds. The zero-order valence-electron chi connectivity index (χ0n) is 16.5. The summed E-state index contributed by atoms with van der Waals surface area (Å²) in [5, 5.41) is 0. The van der Waals surface area contributed by atoms with E-state index in [1.54, 1.807) is 44.6 Å². The molecule has 5 nitrogen and oxygen atoms in total. The predicted molar refractivity (Wildman–Crippen MR) is 115 cm³/mol. The Bertz CT molecular complexity index is 710. The summed E-state index contributed by atoms with van der Waals surface area (Å²) in [6, 6.07) is 8.05. The molecule has 2 aromatic rings. The first-order valence-corrected chi connectivity index (χ1v) is 13.2. The smallest absolute Gasteiger partial charge is 0.377 e. The van der Waals surface area contributed by atoms with Crippen LogP contribution in [0.5, 0.6) is 0 Å². The van der Waals surface area contributed by atoms with Gasteiger partial charge in [-0.3, -0.25) is 4.72 Å². The minimum Gasteiger partial charge on any atom is -0.377 e. The Morgan fingerprint density at radius 2 is 1.89 bits per heavy atom. The Balaban J connectivity index is 1.55. The van der Waals surface area contributed by atoms with Gasteiger partial charge in [-0.25, -0.2) is 4.98 Å². The highest BCUT2D eigenvalue weighted by molar-refractivity contribution is 7.99. The lowest BCUT2D eigenvalue weighted by molar-refractivity contribution is 0.123. The molecule has 1 aromatic carbocycles. The van der Waals surface area contributed by atoms with E-state index in [0.29, 0.717) is 6.04 Å². The third-order valence-electron chi connectivity index (χ3n) is 5.23. The molecule has 0 saturated heterocycles. The van der Waals surface area contributed by atoms with Crippen LogP contribution in [0.4, 0.5) is 0 Å². The summed E-state index contributed by atoms with van der Waals surface area (Å²) in [5.41, 5.74) is 2.42. The van der Waals surface area contributed by atoms with Crippen LogP contribution in [-0.2, 0) is 19.7 Å². The Morgan fingerprint density at radius 1 is 1.15 bits per heavy atom. The second-order valence-corrected chi connectivity index (χ2v) is 12.2. The second-order valence-electron chi connectivity index (χ2n) is 6.99. The highest BCUT2D eigenvalue weighted by Crippen LogP contribution is 2.31. The van der Waals surface area contributed by atoms with Crippen LogP contribution in [-0.4, -0.2) is 41.2 Å². The predicted octanol–water partition coefficient (Wildman–Crippen LogP) is 5.04. The van der Waals surface area contributed by atoms with Gasteiger partial charge in [-0.2, -0.15) is 0 Å². The van der Waals surface area contributed by atoms with Crippen molar-refractivity contribution in [1.82, 2.24) is 9.71 Å². The second kappa shape index (κ2) is 10.3. The number of hydrogen-bond donors (Lipinski definition) is 1. The number of hydrogen-bond acceptors (Lipinski definition) is 7. The summed E-state index contributed by atoms with van der Waals surface area (Å²) >= 11 is 3.48. The van der Waals surface area contributed by atoms with Crippen LogP contribution >= 0.6 is 23.3 Å². The van der Waals surface area contributed by atoms with Crippen LogP contribution in [0.2, 0.25) is 6.04 Å². The normalized spacial score (nSPS) is 16.3. The monoisotopic (exact) mass is 426 g/mol. The van der Waals surface area contributed by atoms with Gasteiger partial charge in [-0.15, -0.1) is 11.3 Å². The zero-order chi connectivity index (χ0) is 19.1. The fraction of sp³-hybridized carbons (Fsp3) is 0.632. The zero-order valence-corrected chi connectivity index (χ0v) is 19.1. The largest absolute Gasteiger partial charge is 0.500 e. The SMILES string of the molecule is CO[Si](CCCc1ccc2nc(SNC3CCCCC3)sc2c1)(OC)OC. The summed E-state index contributed by atoms with van der Waals surface area (Å²) in [4.78, 5) is 4.76. The highest BCUT2D eigenvalue weighted by atomic mass is 32.2. The highest BCUT2D eigenvalue weighted by Gasteiger charge is 2.36. The molecule has 27 heavy (non-hydrogen) atoms. The fourth-order valence-corrected chi connectivity index (χ4v) is 7.28. The molecule has 0 atom stereocenters. The molecule has 1 N–H and O–H groups in total. The van der Waals surface area contributed by atoms with E-state index in [1.165, 1.54) is 42.4 Å². The van der Waals surface area contributed by atoms with E-state index in [4.69, 9.17) is 18.3 Å². The Labute approximate surface area is 171 Å². The molecule has 0 bridgehead atoms. The van der Waals surface area contributed by atoms with Crippen LogP contribution in [0, 0.1) is 0 Å². The van der Waals surface area contributed by atoms with E-state index >= 15 is 0 Å². The number of fused-ring (bicyclic) bond motifs is 1. The first-order chi connectivity index (χ1) is 13.2. The molecule has 1 saturated carbocycles. The van der Waals surface area contributed by atoms with Crippen molar-refractivity contribution in [3.8, 4) is 0 Å². The Morgan fingerprint density at radius 3 is 2.59 bits per heavy atom. The third kappa shape index (κ3) is 5.76. The molecule has 1 heterocycles. The summed E-state index contributed by atoms with van der Waals surface area (Å²) in [6.07, 6.45) is 8.63. The first kappa shape index (κ1) is 21.2. The van der Waals surface area contributed by atoms with Crippen molar-refractivity contribution in [2.24, 2.45) is 0 Å². The van der Waals surface area contributed by atoms with Crippen molar-refractivity contribution in [3.05, 3.63) is 23.8 Å². The van der Waals surface area contributed by atoms with Gasteiger partial charge in [-0.05, 0) is 55.3 Å². The molecule has 3 rings (SSSR count). The summed E-state index contributed by atoms with van der Waals surface area (Å²) < 4.78 is 22.5. The number of benzene rings is 1. The third-order valence-corrected chi connectivity index (χ3v) is 10.1. The van der Waals surface area contributed by atoms with E-state index in [-0.39, 0.29) is 0 Å². The number of thiazole rings is 1. The number of rotatable bonds is 10. The van der Waals surface area contributed by atoms with Gasteiger partial charge >= 0.3 is 8.80 Å². The molecule has 1 fully saturated rings. The van der Waals surface area contributed by atoms with Crippen LogP contribution < -0.4 is 4.72 Å². The van der Waals surface area contributed by atoms with Crippen molar-refractivity contribution in [2.45, 2.75) is 61.4 Å². The molecule has 0 unspecified atom stereocenters. The molecule has 0 radical (unpaired) electrons.